The van der Waals surface area contributed by atoms with Crippen molar-refractivity contribution in [3.8, 4) is 6.07 Å². The van der Waals surface area contributed by atoms with Crippen LogP contribution in [0.2, 0.25) is 0 Å². The van der Waals surface area contributed by atoms with Crippen LogP contribution in [-0.4, -0.2) is 41.6 Å². The van der Waals surface area contributed by atoms with E-state index in [2.05, 4.69) is 16.5 Å². The monoisotopic (exact) mass is 403 g/mol. The van der Waals surface area contributed by atoms with Crippen LogP contribution in [0.15, 0.2) is 35.4 Å². The maximum atomic E-state index is 11.8. The van der Waals surface area contributed by atoms with E-state index >= 15 is 0 Å². The van der Waals surface area contributed by atoms with Gasteiger partial charge in [-0.15, -0.1) is 0 Å². The van der Waals surface area contributed by atoms with Gasteiger partial charge in [0.1, 0.15) is 5.56 Å². The number of anilines is 2. The number of nitriles is 1. The Labute approximate surface area is 162 Å². The second-order valence-corrected chi connectivity index (χ2v) is 8.94. The first kappa shape index (κ1) is 19.9. The first-order chi connectivity index (χ1) is 13.2. The molecular formula is C18H21N5O4S. The summed E-state index contributed by atoms with van der Waals surface area (Å²) in [7, 11) is -3.31. The van der Waals surface area contributed by atoms with Crippen LogP contribution in [0, 0.1) is 17.2 Å². The van der Waals surface area contributed by atoms with Crippen molar-refractivity contribution in [1.29, 1.82) is 5.26 Å². The van der Waals surface area contributed by atoms with Crippen molar-refractivity contribution in [3.05, 3.63) is 36.0 Å². The number of nitrogens with two attached hydrogens (primary N) is 1. The Bertz CT molecular complexity index is 1020. The van der Waals surface area contributed by atoms with E-state index in [1.807, 2.05) is 0 Å². The zero-order chi connectivity index (χ0) is 20.5. The molecule has 9 nitrogen and oxygen atoms in total. The number of nitrogens with one attached hydrogen (secondary N) is 1. The lowest BCUT2D eigenvalue weighted by molar-refractivity contribution is 0.0861. The Morgan fingerprint density at radius 3 is 2.61 bits per heavy atom. The Morgan fingerprint density at radius 2 is 2.04 bits per heavy atom. The van der Waals surface area contributed by atoms with Gasteiger partial charge in [0.15, 0.2) is 15.7 Å². The summed E-state index contributed by atoms with van der Waals surface area (Å²) in [5, 5.41) is 26.6. The summed E-state index contributed by atoms with van der Waals surface area (Å²) in [6.45, 7) is 0. The number of carbonyl (C=O) groups is 1. The molecule has 0 radical (unpaired) electrons. The van der Waals surface area contributed by atoms with Gasteiger partial charge >= 0.3 is 0 Å². The fourth-order valence-electron chi connectivity index (χ4n) is 3.34. The maximum Gasteiger partial charge on any atom is 0.254 e. The molecule has 3 rings (SSSR count). The number of benzene rings is 1. The number of carbonyl (C=O) groups excluding carboxylic acids is 1. The first-order valence-electron chi connectivity index (χ1n) is 8.73. The lowest BCUT2D eigenvalue weighted by Gasteiger charge is -2.30. The van der Waals surface area contributed by atoms with Gasteiger partial charge in [0.25, 0.3) is 5.91 Å². The molecule has 1 aromatic heterocycles. The molecule has 1 aliphatic rings. The van der Waals surface area contributed by atoms with Crippen molar-refractivity contribution in [1.82, 2.24) is 9.78 Å². The zero-order valence-corrected chi connectivity index (χ0v) is 16.1. The topological polar surface area (TPSA) is 151 Å². The molecule has 3 atom stereocenters. The van der Waals surface area contributed by atoms with Crippen molar-refractivity contribution in [2.75, 3.05) is 11.6 Å². The Balaban J connectivity index is 1.89. The number of rotatable bonds is 5. The van der Waals surface area contributed by atoms with Crippen LogP contribution in [0.4, 0.5) is 11.5 Å². The summed E-state index contributed by atoms with van der Waals surface area (Å²) in [4.78, 5) is 12.0. The molecule has 2 aromatic rings. The summed E-state index contributed by atoms with van der Waals surface area (Å²) in [6.07, 6.45) is 3.56. The van der Waals surface area contributed by atoms with Gasteiger partial charge in [-0.2, -0.15) is 10.4 Å². The fourth-order valence-corrected chi connectivity index (χ4v) is 3.97. The molecule has 28 heavy (non-hydrogen) atoms. The minimum absolute atomic E-state index is 0.162. The number of aliphatic hydroxyl groups is 1. The normalized spacial score (nSPS) is 22.4. The van der Waals surface area contributed by atoms with E-state index in [9.17, 15) is 23.6 Å². The lowest BCUT2D eigenvalue weighted by atomic mass is 9.84. The van der Waals surface area contributed by atoms with Crippen molar-refractivity contribution in [3.63, 3.8) is 0 Å². The molecule has 1 aromatic carbocycles. The second-order valence-electron chi connectivity index (χ2n) is 6.93. The third-order valence-electron chi connectivity index (χ3n) is 4.83. The molecular weight excluding hydrogens is 382 g/mol. The van der Waals surface area contributed by atoms with Gasteiger partial charge in [0, 0.05) is 18.1 Å². The largest absolute Gasteiger partial charge is 0.393 e. The molecule has 4 N–H and O–H groups in total. The van der Waals surface area contributed by atoms with Crippen LogP contribution in [0.3, 0.4) is 0 Å². The Morgan fingerprint density at radius 1 is 1.36 bits per heavy atom. The highest BCUT2D eigenvalue weighted by Crippen LogP contribution is 2.34. The van der Waals surface area contributed by atoms with Crippen molar-refractivity contribution in [2.24, 2.45) is 11.7 Å². The standard InChI is InChI=1S/C18H21N5O4S/c1-28(26,27)14-5-2-12(3-6-14)21-18-15(17(20)25)10-23(22-18)16-7-4-13(24)8-11(16)9-19/h2-3,5-6,10-11,13,16,24H,4,7-8H2,1H3,(H2,20,25)(H,21,22)/t11-,13-,16+/m1/s1. The van der Waals surface area contributed by atoms with Crippen LogP contribution in [-0.2, 0) is 9.84 Å². The molecule has 1 amide bonds. The third-order valence-corrected chi connectivity index (χ3v) is 5.96. The minimum atomic E-state index is -3.31. The summed E-state index contributed by atoms with van der Waals surface area (Å²) < 4.78 is 24.7. The second kappa shape index (κ2) is 7.61. The van der Waals surface area contributed by atoms with E-state index in [0.29, 0.717) is 24.9 Å². The van der Waals surface area contributed by atoms with E-state index in [-0.39, 0.29) is 22.3 Å². The van der Waals surface area contributed by atoms with Crippen molar-refractivity contribution >= 4 is 27.2 Å². The van der Waals surface area contributed by atoms with Crippen LogP contribution in [0.1, 0.15) is 35.7 Å². The zero-order valence-electron chi connectivity index (χ0n) is 15.2. The first-order valence-corrected chi connectivity index (χ1v) is 10.6. The van der Waals surface area contributed by atoms with Gasteiger partial charge in [-0.05, 0) is 43.5 Å². The van der Waals surface area contributed by atoms with Crippen LogP contribution < -0.4 is 11.1 Å². The van der Waals surface area contributed by atoms with Gasteiger partial charge < -0.3 is 16.2 Å². The lowest BCUT2D eigenvalue weighted by Crippen LogP contribution is -2.29. The van der Waals surface area contributed by atoms with Crippen LogP contribution in [0.5, 0.6) is 0 Å². The van der Waals surface area contributed by atoms with Crippen molar-refractivity contribution in [2.45, 2.75) is 36.3 Å². The smallest absolute Gasteiger partial charge is 0.254 e. The average molecular weight is 403 g/mol. The van der Waals surface area contributed by atoms with E-state index in [4.69, 9.17) is 5.73 Å². The highest BCUT2D eigenvalue weighted by Gasteiger charge is 2.32. The molecule has 0 unspecified atom stereocenters. The predicted octanol–water partition coefficient (Wildman–Crippen LogP) is 1.35. The highest BCUT2D eigenvalue weighted by molar-refractivity contribution is 7.90. The molecule has 1 saturated carbocycles. The van der Waals surface area contributed by atoms with Gasteiger partial charge in [-0.25, -0.2) is 8.42 Å². The molecule has 0 aliphatic heterocycles. The number of amides is 1. The number of primary amides is 1. The molecule has 0 bridgehead atoms. The predicted molar refractivity (Wildman–Crippen MR) is 102 cm³/mol. The minimum Gasteiger partial charge on any atom is -0.393 e. The molecule has 0 spiro atoms. The number of sulfone groups is 1. The maximum absolute atomic E-state index is 11.8. The number of aliphatic hydroxyl groups excluding tert-OH is 1. The number of hydrogen-bond donors (Lipinski definition) is 3. The highest BCUT2D eigenvalue weighted by atomic mass is 32.2. The van der Waals surface area contributed by atoms with Gasteiger partial charge in [-0.1, -0.05) is 0 Å². The summed E-state index contributed by atoms with van der Waals surface area (Å²) in [5.74, 6) is -0.875. The Kier molecular flexibility index (Phi) is 5.40. The fraction of sp³-hybridized carbons (Fsp3) is 0.389. The van der Waals surface area contributed by atoms with Gasteiger partial charge in [-0.3, -0.25) is 9.48 Å². The molecule has 0 saturated heterocycles. The van der Waals surface area contributed by atoms with Gasteiger partial charge in [0.05, 0.1) is 29.0 Å². The number of hydrogen-bond acceptors (Lipinski definition) is 7. The summed E-state index contributed by atoms with van der Waals surface area (Å²) in [5.41, 5.74) is 6.16. The average Bonchev–Trinajstić information content (AvgIpc) is 3.05. The SMILES string of the molecule is CS(=O)(=O)c1ccc(Nc2nn([C@H]3CC[C@@H](O)C[C@@H]3C#N)cc2C(N)=O)cc1. The van der Waals surface area contributed by atoms with Gasteiger partial charge in [0.2, 0.25) is 0 Å². The number of aromatic nitrogens is 2. The van der Waals surface area contributed by atoms with E-state index in [0.717, 1.165) is 6.26 Å². The molecule has 1 aliphatic carbocycles. The third kappa shape index (κ3) is 4.16. The summed E-state index contributed by atoms with van der Waals surface area (Å²) >= 11 is 0. The molecule has 1 heterocycles. The van der Waals surface area contributed by atoms with Crippen LogP contribution in [0.25, 0.3) is 0 Å². The quantitative estimate of drug-likeness (QED) is 0.681. The molecule has 148 valence electrons. The van der Waals surface area contributed by atoms with Crippen molar-refractivity contribution < 1.29 is 18.3 Å². The Hall–Kier alpha value is -2.90. The van der Waals surface area contributed by atoms with E-state index in [1.54, 1.807) is 16.8 Å². The summed E-state index contributed by atoms with van der Waals surface area (Å²) in [6, 6.07) is 7.96. The molecule has 10 heteroatoms. The van der Waals surface area contributed by atoms with E-state index in [1.165, 1.54) is 18.3 Å². The number of nitrogens with zero attached hydrogens (tertiary/aromatic N) is 3. The molecule has 1 fully saturated rings. The van der Waals surface area contributed by atoms with Crippen LogP contribution >= 0.6 is 0 Å². The van der Waals surface area contributed by atoms with E-state index < -0.39 is 27.8 Å².